The minimum absolute atomic E-state index is 0.0463. The Balaban J connectivity index is 1.53. The van der Waals surface area contributed by atoms with E-state index in [4.69, 9.17) is 0 Å². The number of fused-ring (bicyclic) bond motifs is 1. The molecule has 0 fully saturated rings. The summed E-state index contributed by atoms with van der Waals surface area (Å²) in [7, 11) is 1.72. The molecule has 2 heterocycles. The maximum atomic E-state index is 12.4. The van der Waals surface area contributed by atoms with Crippen LogP contribution in [0.5, 0.6) is 0 Å². The average molecular weight is 416 g/mol. The Hall–Kier alpha value is -2.54. The van der Waals surface area contributed by atoms with Crippen LogP contribution in [0.2, 0.25) is 0 Å². The number of aromatic nitrogens is 1. The number of benzene rings is 1. The summed E-state index contributed by atoms with van der Waals surface area (Å²) in [4.78, 5) is 44.0. The molecule has 26 heavy (non-hydrogen) atoms. The maximum absolute atomic E-state index is 12.4. The summed E-state index contributed by atoms with van der Waals surface area (Å²) >= 11 is 3.31. The second kappa shape index (κ2) is 7.78. The molecule has 0 unspecified atom stereocenters. The molecule has 7 heteroatoms. The van der Waals surface area contributed by atoms with Crippen LogP contribution >= 0.6 is 15.9 Å². The molecule has 1 aromatic heterocycles. The maximum Gasteiger partial charge on any atom is 0.261 e. The third-order valence-electron chi connectivity index (χ3n) is 4.26. The molecule has 0 spiro atoms. The highest BCUT2D eigenvalue weighted by atomic mass is 79.9. The molecule has 1 aliphatic heterocycles. The zero-order valence-corrected chi connectivity index (χ0v) is 15.9. The van der Waals surface area contributed by atoms with Crippen LogP contribution < -0.4 is 0 Å². The van der Waals surface area contributed by atoms with Crippen LogP contribution in [0.25, 0.3) is 0 Å². The standard InChI is InChI=1S/C19H18BrN3O3/c1-22(12-14-5-2-3-9-21-14)17(24)6-4-10-23-18(25)15-8-7-13(20)11-16(15)19(23)26/h2-3,5,7-9,11H,4,6,10,12H2,1H3. The second-order valence-electron chi connectivity index (χ2n) is 6.13. The smallest absolute Gasteiger partial charge is 0.261 e. The van der Waals surface area contributed by atoms with Gasteiger partial charge in [-0.15, -0.1) is 0 Å². The lowest BCUT2D eigenvalue weighted by Crippen LogP contribution is -2.32. The van der Waals surface area contributed by atoms with E-state index < -0.39 is 0 Å². The number of carbonyl (C=O) groups excluding carboxylic acids is 3. The molecule has 0 aliphatic carbocycles. The first-order chi connectivity index (χ1) is 12.5. The molecule has 1 aromatic carbocycles. The van der Waals surface area contributed by atoms with Crippen molar-refractivity contribution in [3.05, 3.63) is 63.9 Å². The number of nitrogens with zero attached hydrogens (tertiary/aromatic N) is 3. The highest BCUT2D eigenvalue weighted by Crippen LogP contribution is 2.26. The fourth-order valence-corrected chi connectivity index (χ4v) is 3.23. The van der Waals surface area contributed by atoms with Crippen molar-refractivity contribution in [3.63, 3.8) is 0 Å². The summed E-state index contributed by atoms with van der Waals surface area (Å²) in [5.74, 6) is -0.651. The lowest BCUT2D eigenvalue weighted by molar-refractivity contribution is -0.130. The largest absolute Gasteiger partial charge is 0.340 e. The number of hydrogen-bond donors (Lipinski definition) is 0. The van der Waals surface area contributed by atoms with E-state index in [0.717, 1.165) is 10.2 Å². The molecule has 3 amide bonds. The van der Waals surface area contributed by atoms with Crippen LogP contribution in [0.15, 0.2) is 47.1 Å². The van der Waals surface area contributed by atoms with Gasteiger partial charge in [-0.05, 0) is 36.8 Å². The summed E-state index contributed by atoms with van der Waals surface area (Å²) in [6, 6.07) is 10.6. The van der Waals surface area contributed by atoms with Gasteiger partial charge in [-0.1, -0.05) is 22.0 Å². The summed E-state index contributed by atoms with van der Waals surface area (Å²) in [6.07, 6.45) is 2.38. The van der Waals surface area contributed by atoms with Crippen molar-refractivity contribution in [2.45, 2.75) is 19.4 Å². The van der Waals surface area contributed by atoms with Gasteiger partial charge >= 0.3 is 0 Å². The molecule has 0 N–H and O–H groups in total. The zero-order valence-electron chi connectivity index (χ0n) is 14.3. The lowest BCUT2D eigenvalue weighted by Gasteiger charge is -2.18. The van der Waals surface area contributed by atoms with E-state index >= 15 is 0 Å². The van der Waals surface area contributed by atoms with Gasteiger partial charge < -0.3 is 4.90 Å². The van der Waals surface area contributed by atoms with Crippen molar-refractivity contribution in [3.8, 4) is 0 Å². The lowest BCUT2D eigenvalue weighted by atomic mass is 10.1. The van der Waals surface area contributed by atoms with Crippen LogP contribution in [-0.4, -0.2) is 46.1 Å². The Labute approximate surface area is 159 Å². The van der Waals surface area contributed by atoms with Gasteiger partial charge in [0.2, 0.25) is 5.91 Å². The normalized spacial score (nSPS) is 13.1. The molecule has 134 valence electrons. The molecule has 1 aliphatic rings. The molecule has 0 atom stereocenters. The summed E-state index contributed by atoms with van der Waals surface area (Å²) in [6.45, 7) is 0.661. The van der Waals surface area contributed by atoms with Crippen LogP contribution in [-0.2, 0) is 11.3 Å². The Morgan fingerprint density at radius 3 is 2.65 bits per heavy atom. The van der Waals surface area contributed by atoms with Gasteiger partial charge in [0.1, 0.15) is 0 Å². The van der Waals surface area contributed by atoms with E-state index in [-0.39, 0.29) is 30.7 Å². The predicted molar refractivity (Wildman–Crippen MR) is 99.5 cm³/mol. The molecule has 2 aromatic rings. The molecule has 0 saturated carbocycles. The van der Waals surface area contributed by atoms with Gasteiger partial charge in [-0.2, -0.15) is 0 Å². The van der Waals surface area contributed by atoms with Gasteiger partial charge in [-0.25, -0.2) is 0 Å². The fraction of sp³-hybridized carbons (Fsp3) is 0.263. The van der Waals surface area contributed by atoms with E-state index in [9.17, 15) is 14.4 Å². The van der Waals surface area contributed by atoms with Crippen molar-refractivity contribution >= 4 is 33.7 Å². The number of rotatable bonds is 6. The SMILES string of the molecule is CN(Cc1ccccn1)C(=O)CCCN1C(=O)c2ccc(Br)cc2C1=O. The van der Waals surface area contributed by atoms with Crippen LogP contribution in [0.1, 0.15) is 39.3 Å². The average Bonchev–Trinajstić information content (AvgIpc) is 2.86. The third kappa shape index (κ3) is 3.83. The van der Waals surface area contributed by atoms with Crippen molar-refractivity contribution in [1.29, 1.82) is 0 Å². The Kier molecular flexibility index (Phi) is 5.46. The highest BCUT2D eigenvalue weighted by Gasteiger charge is 2.35. The molecule has 3 rings (SSSR count). The zero-order chi connectivity index (χ0) is 18.7. The van der Waals surface area contributed by atoms with E-state index in [2.05, 4.69) is 20.9 Å². The van der Waals surface area contributed by atoms with Crippen molar-refractivity contribution in [2.75, 3.05) is 13.6 Å². The first-order valence-electron chi connectivity index (χ1n) is 8.27. The van der Waals surface area contributed by atoms with E-state index in [0.29, 0.717) is 24.1 Å². The first-order valence-corrected chi connectivity index (χ1v) is 9.06. The molecular weight excluding hydrogens is 398 g/mol. The monoisotopic (exact) mass is 415 g/mol. The minimum atomic E-state index is -0.305. The second-order valence-corrected chi connectivity index (χ2v) is 7.04. The minimum Gasteiger partial charge on any atom is -0.340 e. The number of carbonyl (C=O) groups is 3. The van der Waals surface area contributed by atoms with Gasteiger partial charge in [-0.3, -0.25) is 24.3 Å². The van der Waals surface area contributed by atoms with E-state index in [1.807, 2.05) is 18.2 Å². The Morgan fingerprint density at radius 2 is 1.92 bits per heavy atom. The first kappa shape index (κ1) is 18.3. The number of amides is 3. The topological polar surface area (TPSA) is 70.6 Å². The van der Waals surface area contributed by atoms with E-state index in [1.54, 1.807) is 36.3 Å². The molecule has 0 saturated heterocycles. The molecule has 0 bridgehead atoms. The van der Waals surface area contributed by atoms with Gasteiger partial charge in [0.25, 0.3) is 11.8 Å². The van der Waals surface area contributed by atoms with Crippen molar-refractivity contribution < 1.29 is 14.4 Å². The van der Waals surface area contributed by atoms with Gasteiger partial charge in [0, 0.05) is 30.7 Å². The third-order valence-corrected chi connectivity index (χ3v) is 4.75. The van der Waals surface area contributed by atoms with Crippen LogP contribution in [0, 0.1) is 0 Å². The van der Waals surface area contributed by atoms with Gasteiger partial charge in [0.05, 0.1) is 23.4 Å². The molecular formula is C19H18BrN3O3. The summed E-state index contributed by atoms with van der Waals surface area (Å²) < 4.78 is 0.755. The van der Waals surface area contributed by atoms with E-state index in [1.165, 1.54) is 4.90 Å². The molecule has 6 nitrogen and oxygen atoms in total. The Morgan fingerprint density at radius 1 is 1.15 bits per heavy atom. The van der Waals surface area contributed by atoms with Crippen LogP contribution in [0.4, 0.5) is 0 Å². The van der Waals surface area contributed by atoms with Crippen LogP contribution in [0.3, 0.4) is 0 Å². The fourth-order valence-electron chi connectivity index (χ4n) is 2.87. The molecule has 0 radical (unpaired) electrons. The van der Waals surface area contributed by atoms with Crippen molar-refractivity contribution in [2.24, 2.45) is 0 Å². The quantitative estimate of drug-likeness (QED) is 0.680. The van der Waals surface area contributed by atoms with Gasteiger partial charge in [0.15, 0.2) is 0 Å². The summed E-state index contributed by atoms with van der Waals surface area (Å²) in [5, 5.41) is 0. The number of imide groups is 1. The predicted octanol–water partition coefficient (Wildman–Crippen LogP) is 2.88. The Bertz CT molecular complexity index is 854. The highest BCUT2D eigenvalue weighted by molar-refractivity contribution is 9.10. The number of pyridine rings is 1. The van der Waals surface area contributed by atoms with Crippen molar-refractivity contribution in [1.82, 2.24) is 14.8 Å². The number of hydrogen-bond acceptors (Lipinski definition) is 4. The number of halogens is 1. The summed E-state index contributed by atoms with van der Waals surface area (Å²) in [5.41, 5.74) is 1.63.